The van der Waals surface area contributed by atoms with Gasteiger partial charge in [-0.05, 0) is 44.1 Å². The summed E-state index contributed by atoms with van der Waals surface area (Å²) in [5.41, 5.74) is 12.1. The number of hydrogen-bond acceptors (Lipinski definition) is 7. The number of imidazole rings is 1. The molecule has 9 N–H and O–H groups in total. The van der Waals surface area contributed by atoms with Crippen LogP contribution in [0.15, 0.2) is 12.5 Å². The quantitative estimate of drug-likeness (QED) is 0.142. The van der Waals surface area contributed by atoms with Crippen LogP contribution in [0, 0.1) is 11.8 Å². The average Bonchev–Trinajstić information content (AvgIpc) is 3.33. The lowest BCUT2D eigenvalue weighted by Gasteiger charge is -2.28. The molecular formula is C24H43N7O5. The van der Waals surface area contributed by atoms with Crippen molar-refractivity contribution in [2.75, 3.05) is 6.54 Å². The Labute approximate surface area is 212 Å². The molecular weight excluding hydrogens is 466 g/mol. The minimum absolute atomic E-state index is 0.00380. The molecule has 0 radical (unpaired) electrons. The predicted molar refractivity (Wildman–Crippen MR) is 136 cm³/mol. The number of aliphatic carboxylic acids is 1. The molecule has 5 atom stereocenters. The number of nitrogens with one attached hydrogen (secondary N) is 4. The van der Waals surface area contributed by atoms with Gasteiger partial charge >= 0.3 is 5.97 Å². The molecule has 0 aliphatic heterocycles. The first-order valence-electron chi connectivity index (χ1n) is 12.6. The number of carboxylic acid groups (broad SMARTS) is 1. The molecule has 5 unspecified atom stereocenters. The van der Waals surface area contributed by atoms with Gasteiger partial charge in [0.1, 0.15) is 18.1 Å². The lowest BCUT2D eigenvalue weighted by molar-refractivity contribution is -0.142. The van der Waals surface area contributed by atoms with E-state index in [-0.39, 0.29) is 24.7 Å². The molecule has 1 rings (SSSR count). The van der Waals surface area contributed by atoms with E-state index < -0.39 is 47.9 Å². The molecule has 3 amide bonds. The summed E-state index contributed by atoms with van der Waals surface area (Å²) in [6.07, 6.45) is 5.42. The molecule has 36 heavy (non-hydrogen) atoms. The summed E-state index contributed by atoms with van der Waals surface area (Å²) in [6.45, 7) is 8.04. The summed E-state index contributed by atoms with van der Waals surface area (Å²) >= 11 is 0. The number of carbonyl (C=O) groups is 4. The zero-order valence-corrected chi connectivity index (χ0v) is 21.8. The van der Waals surface area contributed by atoms with Crippen molar-refractivity contribution in [2.24, 2.45) is 23.3 Å². The van der Waals surface area contributed by atoms with Gasteiger partial charge in [0.15, 0.2) is 0 Å². The van der Waals surface area contributed by atoms with Crippen LogP contribution < -0.4 is 27.4 Å². The maximum Gasteiger partial charge on any atom is 0.326 e. The summed E-state index contributed by atoms with van der Waals surface area (Å²) < 4.78 is 0. The molecule has 0 aliphatic rings. The van der Waals surface area contributed by atoms with Crippen LogP contribution in [0.5, 0.6) is 0 Å². The van der Waals surface area contributed by atoms with Gasteiger partial charge < -0.3 is 37.5 Å². The van der Waals surface area contributed by atoms with E-state index in [1.807, 2.05) is 27.7 Å². The van der Waals surface area contributed by atoms with Gasteiger partial charge in [-0.3, -0.25) is 14.4 Å². The van der Waals surface area contributed by atoms with E-state index in [1.165, 1.54) is 12.5 Å². The summed E-state index contributed by atoms with van der Waals surface area (Å²) in [6, 6.07) is -3.87. The van der Waals surface area contributed by atoms with Gasteiger partial charge in [-0.2, -0.15) is 0 Å². The van der Waals surface area contributed by atoms with Crippen LogP contribution in [0.2, 0.25) is 0 Å². The highest BCUT2D eigenvalue weighted by Crippen LogP contribution is 2.12. The molecule has 12 heteroatoms. The van der Waals surface area contributed by atoms with E-state index in [1.54, 1.807) is 0 Å². The Kier molecular flexibility index (Phi) is 13.7. The van der Waals surface area contributed by atoms with Gasteiger partial charge in [-0.25, -0.2) is 9.78 Å². The fraction of sp³-hybridized carbons (Fsp3) is 0.708. The Morgan fingerprint density at radius 3 is 2.22 bits per heavy atom. The molecule has 0 saturated carbocycles. The van der Waals surface area contributed by atoms with Gasteiger partial charge in [0, 0.05) is 18.3 Å². The number of unbranched alkanes of at least 4 members (excludes halogenated alkanes) is 1. The first-order chi connectivity index (χ1) is 17.0. The van der Waals surface area contributed by atoms with Gasteiger partial charge in [0.2, 0.25) is 17.7 Å². The Morgan fingerprint density at radius 2 is 1.69 bits per heavy atom. The van der Waals surface area contributed by atoms with Crippen molar-refractivity contribution in [2.45, 2.75) is 90.4 Å². The van der Waals surface area contributed by atoms with Crippen molar-refractivity contribution in [3.63, 3.8) is 0 Å². The van der Waals surface area contributed by atoms with Crippen LogP contribution in [-0.2, 0) is 25.6 Å². The van der Waals surface area contributed by atoms with Crippen molar-refractivity contribution in [3.05, 3.63) is 18.2 Å². The maximum atomic E-state index is 13.2. The summed E-state index contributed by atoms with van der Waals surface area (Å²) in [5.74, 6) is -2.81. The van der Waals surface area contributed by atoms with Crippen LogP contribution >= 0.6 is 0 Å². The second-order valence-corrected chi connectivity index (χ2v) is 9.63. The second kappa shape index (κ2) is 15.9. The third-order valence-electron chi connectivity index (χ3n) is 6.03. The Morgan fingerprint density at radius 1 is 1.03 bits per heavy atom. The zero-order valence-electron chi connectivity index (χ0n) is 21.8. The first-order valence-corrected chi connectivity index (χ1v) is 12.6. The van der Waals surface area contributed by atoms with Crippen molar-refractivity contribution >= 4 is 23.7 Å². The number of carbonyl (C=O) groups excluding carboxylic acids is 3. The SMILES string of the molecule is CCC(C)C(NC(=O)C(N)CC(C)C)C(=O)NC(CCCCN)C(=O)NC(Cc1cnc[nH]1)C(=O)O. The van der Waals surface area contributed by atoms with Crippen molar-refractivity contribution < 1.29 is 24.3 Å². The van der Waals surface area contributed by atoms with Gasteiger partial charge in [-0.15, -0.1) is 0 Å². The van der Waals surface area contributed by atoms with E-state index >= 15 is 0 Å². The Hall–Kier alpha value is -2.99. The van der Waals surface area contributed by atoms with Crippen LogP contribution in [-0.4, -0.2) is 69.5 Å². The Bertz CT molecular complexity index is 831. The largest absolute Gasteiger partial charge is 0.480 e. The number of H-pyrrole nitrogens is 1. The molecule has 0 spiro atoms. The topological polar surface area (TPSA) is 205 Å². The number of nitrogens with two attached hydrogens (primary N) is 2. The summed E-state index contributed by atoms with van der Waals surface area (Å²) in [7, 11) is 0. The first kappa shape index (κ1) is 31.0. The van der Waals surface area contributed by atoms with Crippen molar-refractivity contribution in [1.29, 1.82) is 0 Å². The van der Waals surface area contributed by atoms with Crippen LogP contribution in [0.3, 0.4) is 0 Å². The highest BCUT2D eigenvalue weighted by atomic mass is 16.4. The highest BCUT2D eigenvalue weighted by molar-refractivity contribution is 5.94. The normalized spacial score (nSPS) is 15.4. The average molecular weight is 510 g/mol. The van der Waals surface area contributed by atoms with Crippen LogP contribution in [0.1, 0.15) is 65.5 Å². The molecule has 0 aromatic carbocycles. The van der Waals surface area contributed by atoms with Gasteiger partial charge in [0.25, 0.3) is 0 Å². The number of amides is 3. The number of hydrogen-bond donors (Lipinski definition) is 7. The predicted octanol–water partition coefficient (Wildman–Crippen LogP) is 0.0397. The van der Waals surface area contributed by atoms with Crippen molar-refractivity contribution in [3.8, 4) is 0 Å². The maximum absolute atomic E-state index is 13.2. The smallest absolute Gasteiger partial charge is 0.326 e. The monoisotopic (exact) mass is 509 g/mol. The number of aromatic amines is 1. The molecule has 12 nitrogen and oxygen atoms in total. The molecule has 0 fully saturated rings. The van der Waals surface area contributed by atoms with E-state index in [0.29, 0.717) is 37.9 Å². The van der Waals surface area contributed by atoms with E-state index in [4.69, 9.17) is 11.5 Å². The van der Waals surface area contributed by atoms with Crippen LogP contribution in [0.4, 0.5) is 0 Å². The third kappa shape index (κ3) is 10.7. The minimum atomic E-state index is -1.22. The third-order valence-corrected chi connectivity index (χ3v) is 6.03. The lowest BCUT2D eigenvalue weighted by Crippen LogP contribution is -2.58. The van der Waals surface area contributed by atoms with Crippen molar-refractivity contribution in [1.82, 2.24) is 25.9 Å². The molecule has 1 heterocycles. The van der Waals surface area contributed by atoms with E-state index in [0.717, 1.165) is 0 Å². The molecule has 0 saturated heterocycles. The second-order valence-electron chi connectivity index (χ2n) is 9.63. The summed E-state index contributed by atoms with van der Waals surface area (Å²) in [4.78, 5) is 57.4. The van der Waals surface area contributed by atoms with Gasteiger partial charge in [0.05, 0.1) is 12.4 Å². The van der Waals surface area contributed by atoms with E-state index in [2.05, 4.69) is 25.9 Å². The van der Waals surface area contributed by atoms with Crippen LogP contribution in [0.25, 0.3) is 0 Å². The lowest BCUT2D eigenvalue weighted by atomic mass is 9.96. The molecule has 204 valence electrons. The van der Waals surface area contributed by atoms with Gasteiger partial charge in [-0.1, -0.05) is 34.1 Å². The number of aromatic nitrogens is 2. The molecule has 1 aromatic heterocycles. The number of rotatable bonds is 17. The fourth-order valence-electron chi connectivity index (χ4n) is 3.69. The molecule has 1 aromatic rings. The highest BCUT2D eigenvalue weighted by Gasteiger charge is 2.32. The minimum Gasteiger partial charge on any atom is -0.480 e. The fourth-order valence-corrected chi connectivity index (χ4v) is 3.69. The Balaban J connectivity index is 3.00. The summed E-state index contributed by atoms with van der Waals surface area (Å²) in [5, 5.41) is 17.6. The molecule has 0 bridgehead atoms. The number of carboxylic acids is 1. The number of nitrogens with zero attached hydrogens (tertiary/aromatic N) is 1. The standard InChI is InChI=1S/C24H43N7O5/c1-5-15(4)20(31-21(32)17(26)10-14(2)3)23(34)29-18(8-6-7-9-25)22(33)30-19(24(35)36)11-16-12-27-13-28-16/h12-15,17-20H,5-11,25-26H2,1-4H3,(H,27,28)(H,29,34)(H,30,33)(H,31,32)(H,35,36). The van der Waals surface area contributed by atoms with E-state index in [9.17, 15) is 24.3 Å². The molecule has 0 aliphatic carbocycles. The zero-order chi connectivity index (χ0) is 27.3.